The molecule has 0 atom stereocenters. The van der Waals surface area contributed by atoms with E-state index in [4.69, 9.17) is 5.84 Å². The van der Waals surface area contributed by atoms with Gasteiger partial charge in [-0.3, -0.25) is 4.90 Å². The van der Waals surface area contributed by atoms with Crippen LogP contribution in [0.1, 0.15) is 24.2 Å². The monoisotopic (exact) mass is 276 g/mol. The molecule has 0 amide bonds. The minimum Gasteiger partial charge on any atom is -0.354 e. The van der Waals surface area contributed by atoms with E-state index in [1.54, 1.807) is 0 Å². The van der Waals surface area contributed by atoms with Gasteiger partial charge in [0.05, 0.1) is 0 Å². The van der Waals surface area contributed by atoms with E-state index in [1.165, 1.54) is 19.4 Å². The third-order valence-electron chi connectivity index (χ3n) is 4.25. The molecule has 1 saturated heterocycles. The van der Waals surface area contributed by atoms with Gasteiger partial charge in [-0.25, -0.2) is 15.8 Å². The predicted octanol–water partition coefficient (Wildman–Crippen LogP) is 0.911. The summed E-state index contributed by atoms with van der Waals surface area (Å²) in [5, 5.41) is 0. The van der Waals surface area contributed by atoms with Crippen molar-refractivity contribution in [3.63, 3.8) is 0 Å². The molecule has 1 aromatic heterocycles. The summed E-state index contributed by atoms with van der Waals surface area (Å²) in [6.45, 7) is 9.55. The molecular weight excluding hydrogens is 252 g/mol. The van der Waals surface area contributed by atoms with Crippen molar-refractivity contribution in [2.45, 2.75) is 26.7 Å². The number of rotatable bonds is 4. The molecule has 0 radical (unpaired) electrons. The Hall–Kier alpha value is -1.40. The lowest BCUT2D eigenvalue weighted by atomic mass is 10.2. The van der Waals surface area contributed by atoms with Crippen LogP contribution in [0.4, 0.5) is 11.6 Å². The third-order valence-corrected chi connectivity index (χ3v) is 4.25. The highest BCUT2D eigenvalue weighted by Gasteiger charge is 2.27. The second kappa shape index (κ2) is 5.54. The van der Waals surface area contributed by atoms with Crippen molar-refractivity contribution < 1.29 is 0 Å². The Kier molecular flexibility index (Phi) is 3.76. The fraction of sp³-hybridized carbons (Fsp3) is 0.714. The van der Waals surface area contributed by atoms with Crippen LogP contribution in [-0.4, -0.2) is 47.6 Å². The molecule has 0 aromatic carbocycles. The highest BCUT2D eigenvalue weighted by atomic mass is 15.3. The lowest BCUT2D eigenvalue weighted by Gasteiger charge is -2.36. The quantitative estimate of drug-likeness (QED) is 0.629. The van der Waals surface area contributed by atoms with Crippen LogP contribution in [0.15, 0.2) is 0 Å². The number of hydrogen-bond acceptors (Lipinski definition) is 6. The molecule has 0 unspecified atom stereocenters. The zero-order valence-corrected chi connectivity index (χ0v) is 12.4. The maximum Gasteiger partial charge on any atom is 0.148 e. The Labute approximate surface area is 120 Å². The first-order valence-corrected chi connectivity index (χ1v) is 7.46. The summed E-state index contributed by atoms with van der Waals surface area (Å²) in [5.74, 6) is 9.02. The van der Waals surface area contributed by atoms with Gasteiger partial charge in [-0.2, -0.15) is 0 Å². The van der Waals surface area contributed by atoms with Gasteiger partial charge in [0.25, 0.3) is 0 Å². The second-order valence-electron chi connectivity index (χ2n) is 5.94. The highest BCUT2D eigenvalue weighted by Crippen LogP contribution is 2.30. The van der Waals surface area contributed by atoms with Crippen LogP contribution < -0.4 is 16.2 Å². The van der Waals surface area contributed by atoms with E-state index < -0.39 is 0 Å². The topological polar surface area (TPSA) is 70.3 Å². The maximum atomic E-state index is 5.53. The number of nitrogen functional groups attached to an aromatic ring is 1. The molecule has 2 fully saturated rings. The number of nitrogens with two attached hydrogens (primary N) is 1. The number of aromatic nitrogens is 2. The van der Waals surface area contributed by atoms with Gasteiger partial charge in [-0.05, 0) is 32.6 Å². The van der Waals surface area contributed by atoms with Crippen LogP contribution in [0.3, 0.4) is 0 Å². The summed E-state index contributed by atoms with van der Waals surface area (Å²) in [7, 11) is 0. The molecule has 1 aliphatic carbocycles. The van der Waals surface area contributed by atoms with Crippen LogP contribution in [0.2, 0.25) is 0 Å². The van der Waals surface area contributed by atoms with Gasteiger partial charge in [0, 0.05) is 38.3 Å². The van der Waals surface area contributed by atoms with Crippen LogP contribution in [0.5, 0.6) is 0 Å². The number of piperazine rings is 1. The molecule has 2 heterocycles. The van der Waals surface area contributed by atoms with Gasteiger partial charge >= 0.3 is 0 Å². The van der Waals surface area contributed by atoms with Crippen LogP contribution in [0, 0.1) is 19.8 Å². The largest absolute Gasteiger partial charge is 0.354 e. The summed E-state index contributed by atoms with van der Waals surface area (Å²) in [4.78, 5) is 13.9. The predicted molar refractivity (Wildman–Crippen MR) is 80.7 cm³/mol. The molecular formula is C14H24N6. The van der Waals surface area contributed by atoms with E-state index >= 15 is 0 Å². The smallest absolute Gasteiger partial charge is 0.148 e. The number of hydrogen-bond donors (Lipinski definition) is 2. The van der Waals surface area contributed by atoms with Crippen molar-refractivity contribution in [1.29, 1.82) is 0 Å². The van der Waals surface area contributed by atoms with E-state index in [9.17, 15) is 0 Å². The number of hydrazine groups is 1. The molecule has 3 rings (SSSR count). The van der Waals surface area contributed by atoms with Crippen LogP contribution >= 0.6 is 0 Å². The average molecular weight is 276 g/mol. The van der Waals surface area contributed by atoms with Crippen molar-refractivity contribution in [3.8, 4) is 0 Å². The SMILES string of the molecule is Cc1nc(NN)c(C)c(N2CCN(CC3CC3)CC2)n1. The summed E-state index contributed by atoms with van der Waals surface area (Å²) in [6.07, 6.45) is 2.85. The minimum absolute atomic E-state index is 0.730. The zero-order valence-electron chi connectivity index (χ0n) is 12.4. The van der Waals surface area contributed by atoms with Gasteiger partial charge in [0.2, 0.25) is 0 Å². The van der Waals surface area contributed by atoms with Gasteiger partial charge in [0.15, 0.2) is 0 Å². The van der Waals surface area contributed by atoms with Gasteiger partial charge < -0.3 is 10.3 Å². The average Bonchev–Trinajstić information content (AvgIpc) is 3.26. The second-order valence-corrected chi connectivity index (χ2v) is 5.94. The third kappa shape index (κ3) is 2.86. The van der Waals surface area contributed by atoms with E-state index in [1.807, 2.05) is 13.8 Å². The number of anilines is 2. The fourth-order valence-electron chi connectivity index (χ4n) is 2.87. The number of nitrogens with one attached hydrogen (secondary N) is 1. The first kappa shape index (κ1) is 13.6. The van der Waals surface area contributed by atoms with Gasteiger partial charge in [0.1, 0.15) is 17.5 Å². The molecule has 6 heteroatoms. The molecule has 1 aromatic rings. The van der Waals surface area contributed by atoms with Crippen molar-refractivity contribution in [2.75, 3.05) is 43.0 Å². The summed E-state index contributed by atoms with van der Waals surface area (Å²) in [5.41, 5.74) is 3.71. The Bertz CT molecular complexity index is 477. The Morgan fingerprint density at radius 3 is 2.45 bits per heavy atom. The molecule has 3 N–H and O–H groups in total. The van der Waals surface area contributed by atoms with Crippen molar-refractivity contribution >= 4 is 11.6 Å². The molecule has 2 aliphatic rings. The fourth-order valence-corrected chi connectivity index (χ4v) is 2.87. The molecule has 0 bridgehead atoms. The first-order valence-electron chi connectivity index (χ1n) is 7.46. The molecule has 1 saturated carbocycles. The molecule has 20 heavy (non-hydrogen) atoms. The van der Waals surface area contributed by atoms with Crippen LogP contribution in [0.25, 0.3) is 0 Å². The first-order chi connectivity index (χ1) is 9.67. The highest BCUT2D eigenvalue weighted by molar-refractivity contribution is 5.58. The lowest BCUT2D eigenvalue weighted by molar-refractivity contribution is 0.247. The van der Waals surface area contributed by atoms with Crippen molar-refractivity contribution in [1.82, 2.24) is 14.9 Å². The van der Waals surface area contributed by atoms with Crippen molar-refractivity contribution in [2.24, 2.45) is 11.8 Å². The van der Waals surface area contributed by atoms with E-state index in [2.05, 4.69) is 25.2 Å². The Morgan fingerprint density at radius 2 is 1.85 bits per heavy atom. The Morgan fingerprint density at radius 1 is 1.15 bits per heavy atom. The maximum absolute atomic E-state index is 5.53. The minimum atomic E-state index is 0.730. The number of nitrogens with zero attached hydrogens (tertiary/aromatic N) is 4. The van der Waals surface area contributed by atoms with Gasteiger partial charge in [-0.15, -0.1) is 0 Å². The standard InChI is InChI=1S/C14H24N6/c1-10-13(18-15)16-11(2)17-14(10)20-7-5-19(6-8-20)9-12-3-4-12/h12H,3-9,15H2,1-2H3,(H,16,17,18). The van der Waals surface area contributed by atoms with Crippen molar-refractivity contribution in [3.05, 3.63) is 11.4 Å². The van der Waals surface area contributed by atoms with E-state index in [0.29, 0.717) is 0 Å². The summed E-state index contributed by atoms with van der Waals surface area (Å²) >= 11 is 0. The molecule has 0 spiro atoms. The van der Waals surface area contributed by atoms with E-state index in [0.717, 1.165) is 55.1 Å². The van der Waals surface area contributed by atoms with E-state index in [-0.39, 0.29) is 0 Å². The summed E-state index contributed by atoms with van der Waals surface area (Å²) < 4.78 is 0. The lowest BCUT2D eigenvalue weighted by Crippen LogP contribution is -2.47. The Balaban J connectivity index is 1.69. The zero-order chi connectivity index (χ0) is 14.1. The number of aryl methyl sites for hydroxylation is 1. The molecule has 6 nitrogen and oxygen atoms in total. The molecule has 110 valence electrons. The summed E-state index contributed by atoms with van der Waals surface area (Å²) in [6, 6.07) is 0. The van der Waals surface area contributed by atoms with Gasteiger partial charge in [-0.1, -0.05) is 0 Å². The normalized spacial score (nSPS) is 20.2. The van der Waals surface area contributed by atoms with Crippen LogP contribution in [-0.2, 0) is 0 Å². The molecule has 1 aliphatic heterocycles.